The van der Waals surface area contributed by atoms with E-state index in [2.05, 4.69) is 31.2 Å². The SMILES string of the molecule is CCCCCC=CCC=CCCCCCCCCCC(=O)OC[C@@H](O)CO. The van der Waals surface area contributed by atoms with Crippen LogP contribution in [-0.4, -0.2) is 35.5 Å². The maximum absolute atomic E-state index is 11.4. The van der Waals surface area contributed by atoms with Gasteiger partial charge in [0.1, 0.15) is 12.7 Å². The fourth-order valence-electron chi connectivity index (χ4n) is 2.75. The molecule has 158 valence electrons. The van der Waals surface area contributed by atoms with E-state index in [0.717, 1.165) is 25.7 Å². The Morgan fingerprint density at radius 1 is 0.852 bits per heavy atom. The number of esters is 1. The maximum Gasteiger partial charge on any atom is 0.305 e. The molecule has 0 aromatic rings. The summed E-state index contributed by atoms with van der Waals surface area (Å²) in [7, 11) is 0. The summed E-state index contributed by atoms with van der Waals surface area (Å²) in [6, 6.07) is 0. The number of allylic oxidation sites excluding steroid dienone is 4. The van der Waals surface area contributed by atoms with Crippen LogP contribution in [0.3, 0.4) is 0 Å². The maximum atomic E-state index is 11.4. The van der Waals surface area contributed by atoms with E-state index in [9.17, 15) is 4.79 Å². The number of hydrogen-bond donors (Lipinski definition) is 2. The van der Waals surface area contributed by atoms with Gasteiger partial charge < -0.3 is 14.9 Å². The van der Waals surface area contributed by atoms with Gasteiger partial charge in [-0.2, -0.15) is 0 Å². The summed E-state index contributed by atoms with van der Waals surface area (Å²) in [5, 5.41) is 17.7. The van der Waals surface area contributed by atoms with Crippen LogP contribution in [-0.2, 0) is 9.53 Å². The Morgan fingerprint density at radius 2 is 1.41 bits per heavy atom. The van der Waals surface area contributed by atoms with Crippen LogP contribution in [0.1, 0.15) is 96.8 Å². The minimum absolute atomic E-state index is 0.112. The van der Waals surface area contributed by atoms with Gasteiger partial charge in [0, 0.05) is 6.42 Å². The Kier molecular flexibility index (Phi) is 20.3. The van der Waals surface area contributed by atoms with Crippen molar-refractivity contribution in [2.45, 2.75) is 103 Å². The Morgan fingerprint density at radius 3 is 2.00 bits per heavy atom. The summed E-state index contributed by atoms with van der Waals surface area (Å²) in [6.45, 7) is 1.75. The molecular weight excluding hydrogens is 340 g/mol. The number of unbranched alkanes of at least 4 members (excludes halogenated alkanes) is 10. The second-order valence-corrected chi connectivity index (χ2v) is 7.21. The van der Waals surface area contributed by atoms with Gasteiger partial charge in [0.2, 0.25) is 0 Å². The van der Waals surface area contributed by atoms with Crippen molar-refractivity contribution in [1.29, 1.82) is 0 Å². The number of rotatable bonds is 19. The molecular formula is C23H42O4. The van der Waals surface area contributed by atoms with Crippen molar-refractivity contribution in [3.8, 4) is 0 Å². The number of aliphatic hydroxyl groups is 2. The molecule has 4 heteroatoms. The molecule has 1 atom stereocenters. The van der Waals surface area contributed by atoms with E-state index in [1.807, 2.05) is 0 Å². The van der Waals surface area contributed by atoms with Crippen molar-refractivity contribution in [2.24, 2.45) is 0 Å². The van der Waals surface area contributed by atoms with Gasteiger partial charge in [-0.1, -0.05) is 76.2 Å². The number of carbonyl (C=O) groups excluding carboxylic acids is 1. The van der Waals surface area contributed by atoms with Crippen molar-refractivity contribution < 1.29 is 19.7 Å². The molecule has 0 unspecified atom stereocenters. The van der Waals surface area contributed by atoms with Crippen LogP contribution >= 0.6 is 0 Å². The third-order valence-corrected chi connectivity index (χ3v) is 4.48. The van der Waals surface area contributed by atoms with E-state index >= 15 is 0 Å². The van der Waals surface area contributed by atoms with Crippen molar-refractivity contribution in [3.63, 3.8) is 0 Å². The summed E-state index contributed by atoms with van der Waals surface area (Å²) < 4.78 is 4.86. The number of ether oxygens (including phenoxy) is 1. The molecule has 4 nitrogen and oxygen atoms in total. The molecule has 0 saturated heterocycles. The number of hydrogen-bond acceptors (Lipinski definition) is 4. The molecule has 0 amide bonds. The molecule has 0 heterocycles. The summed E-state index contributed by atoms with van der Waals surface area (Å²) in [4.78, 5) is 11.4. The second kappa shape index (κ2) is 21.2. The lowest BCUT2D eigenvalue weighted by Gasteiger charge is -2.08. The van der Waals surface area contributed by atoms with Gasteiger partial charge in [0.15, 0.2) is 0 Å². The highest BCUT2D eigenvalue weighted by molar-refractivity contribution is 5.69. The highest BCUT2D eigenvalue weighted by Crippen LogP contribution is 2.10. The van der Waals surface area contributed by atoms with Crippen molar-refractivity contribution >= 4 is 5.97 Å². The van der Waals surface area contributed by atoms with Crippen LogP contribution in [0.15, 0.2) is 24.3 Å². The quantitative estimate of drug-likeness (QED) is 0.176. The summed E-state index contributed by atoms with van der Waals surface area (Å²) in [5.74, 6) is -0.287. The third kappa shape index (κ3) is 21.0. The van der Waals surface area contributed by atoms with Gasteiger partial charge in [-0.15, -0.1) is 0 Å². The Balaban J connectivity index is 3.26. The molecule has 0 bridgehead atoms. The molecule has 0 saturated carbocycles. The predicted molar refractivity (Wildman–Crippen MR) is 113 cm³/mol. The fraction of sp³-hybridized carbons (Fsp3) is 0.783. The average molecular weight is 383 g/mol. The highest BCUT2D eigenvalue weighted by Gasteiger charge is 2.07. The van der Waals surface area contributed by atoms with Crippen molar-refractivity contribution in [2.75, 3.05) is 13.2 Å². The molecule has 2 N–H and O–H groups in total. The average Bonchev–Trinajstić information content (AvgIpc) is 2.68. The van der Waals surface area contributed by atoms with Gasteiger partial charge in [-0.3, -0.25) is 4.79 Å². The highest BCUT2D eigenvalue weighted by atomic mass is 16.5. The minimum atomic E-state index is -0.962. The molecule has 0 aromatic heterocycles. The van der Waals surface area contributed by atoms with Crippen LogP contribution in [0.5, 0.6) is 0 Å². The molecule has 0 aromatic carbocycles. The molecule has 0 aliphatic carbocycles. The van der Waals surface area contributed by atoms with Gasteiger partial charge in [0.25, 0.3) is 0 Å². The van der Waals surface area contributed by atoms with Gasteiger partial charge in [-0.05, 0) is 38.5 Å². The van der Waals surface area contributed by atoms with Crippen molar-refractivity contribution in [1.82, 2.24) is 0 Å². The number of carbonyl (C=O) groups is 1. The molecule has 27 heavy (non-hydrogen) atoms. The van der Waals surface area contributed by atoms with E-state index in [-0.39, 0.29) is 19.2 Å². The molecule has 0 aliphatic rings. The molecule has 0 rings (SSSR count). The number of aliphatic hydroxyl groups excluding tert-OH is 2. The monoisotopic (exact) mass is 382 g/mol. The van der Waals surface area contributed by atoms with E-state index in [1.54, 1.807) is 0 Å². The summed E-state index contributed by atoms with van der Waals surface area (Å²) >= 11 is 0. The van der Waals surface area contributed by atoms with E-state index < -0.39 is 6.10 Å². The second-order valence-electron chi connectivity index (χ2n) is 7.21. The first-order valence-electron chi connectivity index (χ1n) is 10.9. The third-order valence-electron chi connectivity index (χ3n) is 4.48. The summed E-state index contributed by atoms with van der Waals surface area (Å²) in [6.07, 6.45) is 24.1. The summed E-state index contributed by atoms with van der Waals surface area (Å²) in [5.41, 5.74) is 0. The van der Waals surface area contributed by atoms with Crippen LogP contribution in [0.25, 0.3) is 0 Å². The molecule has 0 spiro atoms. The van der Waals surface area contributed by atoms with Crippen LogP contribution in [0.2, 0.25) is 0 Å². The first-order valence-corrected chi connectivity index (χ1v) is 10.9. The van der Waals surface area contributed by atoms with E-state index in [0.29, 0.717) is 6.42 Å². The van der Waals surface area contributed by atoms with Gasteiger partial charge in [-0.25, -0.2) is 0 Å². The largest absolute Gasteiger partial charge is 0.463 e. The Labute approximate surface area is 166 Å². The van der Waals surface area contributed by atoms with Gasteiger partial charge in [0.05, 0.1) is 6.61 Å². The Bertz CT molecular complexity index is 377. The Hall–Kier alpha value is -1.13. The van der Waals surface area contributed by atoms with E-state index in [4.69, 9.17) is 14.9 Å². The normalized spacial score (nSPS) is 12.9. The van der Waals surface area contributed by atoms with Crippen LogP contribution < -0.4 is 0 Å². The first-order chi connectivity index (χ1) is 13.2. The van der Waals surface area contributed by atoms with Crippen LogP contribution in [0.4, 0.5) is 0 Å². The lowest BCUT2D eigenvalue weighted by molar-refractivity contribution is -0.147. The zero-order valence-corrected chi connectivity index (χ0v) is 17.4. The smallest absolute Gasteiger partial charge is 0.305 e. The lowest BCUT2D eigenvalue weighted by atomic mass is 10.1. The molecule has 0 aliphatic heterocycles. The lowest BCUT2D eigenvalue weighted by Crippen LogP contribution is -2.21. The predicted octanol–water partition coefficient (Wildman–Crippen LogP) is 5.48. The minimum Gasteiger partial charge on any atom is -0.463 e. The first kappa shape index (κ1) is 25.9. The fourth-order valence-corrected chi connectivity index (χ4v) is 2.75. The standard InChI is InChI=1S/C23H42O4/c1-2-3-4-5-6-7-8-9-10-11-12-13-14-15-16-17-18-19-23(26)27-21-22(25)20-24/h6-7,9-10,22,24-25H,2-5,8,11-21H2,1H3/t22-/m0/s1. The van der Waals surface area contributed by atoms with Gasteiger partial charge >= 0.3 is 5.97 Å². The van der Waals surface area contributed by atoms with Crippen molar-refractivity contribution in [3.05, 3.63) is 24.3 Å². The van der Waals surface area contributed by atoms with Crippen LogP contribution in [0, 0.1) is 0 Å². The molecule has 0 radical (unpaired) electrons. The topological polar surface area (TPSA) is 66.8 Å². The molecule has 0 fully saturated rings. The van der Waals surface area contributed by atoms with E-state index in [1.165, 1.54) is 57.8 Å². The zero-order valence-electron chi connectivity index (χ0n) is 17.4. The zero-order chi connectivity index (χ0) is 20.0.